The number of unbranched alkanes of at least 4 members (excludes halogenated alkanes) is 1. The molecule has 2 N–H and O–H groups in total. The van der Waals surface area contributed by atoms with Crippen LogP contribution in [0.1, 0.15) is 36.8 Å². The molecule has 4 nitrogen and oxygen atoms in total. The molecule has 0 bridgehead atoms. The van der Waals surface area contributed by atoms with Gasteiger partial charge < -0.3 is 19.9 Å². The minimum Gasteiger partial charge on any atom is -0.496 e. The van der Waals surface area contributed by atoms with E-state index in [0.29, 0.717) is 6.54 Å². The van der Waals surface area contributed by atoms with Crippen LogP contribution in [0.4, 0.5) is 0 Å². The molecule has 0 amide bonds. The third kappa shape index (κ3) is 5.56. The van der Waals surface area contributed by atoms with E-state index in [1.54, 1.807) is 33.1 Å². The van der Waals surface area contributed by atoms with Crippen molar-refractivity contribution < 1.29 is 14.2 Å². The maximum atomic E-state index is 6.14. The molecule has 1 atom stereocenters. The van der Waals surface area contributed by atoms with E-state index >= 15 is 0 Å². The molecule has 0 aliphatic carbocycles. The van der Waals surface area contributed by atoms with Gasteiger partial charge in [-0.05, 0) is 54.5 Å². The lowest BCUT2D eigenvalue weighted by Gasteiger charge is -2.21. The molecule has 1 unspecified atom stereocenters. The van der Waals surface area contributed by atoms with Crippen molar-refractivity contribution in [2.24, 2.45) is 5.73 Å². The van der Waals surface area contributed by atoms with Crippen LogP contribution in [0.25, 0.3) is 0 Å². The van der Waals surface area contributed by atoms with Crippen molar-refractivity contribution in [3.63, 3.8) is 0 Å². The molecular formula is C22H31NO3S. The second-order valence-electron chi connectivity index (χ2n) is 6.41. The predicted molar refractivity (Wildman–Crippen MR) is 114 cm³/mol. The molecule has 5 heteroatoms. The summed E-state index contributed by atoms with van der Waals surface area (Å²) in [6.07, 6.45) is 3.14. The Morgan fingerprint density at radius 1 is 0.963 bits per heavy atom. The predicted octanol–water partition coefficient (Wildman–Crippen LogP) is 4.89. The number of rotatable bonds is 11. The summed E-state index contributed by atoms with van der Waals surface area (Å²) in [4.78, 5) is 1.06. The largest absolute Gasteiger partial charge is 0.496 e. The van der Waals surface area contributed by atoms with Crippen LogP contribution < -0.4 is 19.9 Å². The molecule has 0 heterocycles. The molecular weight excluding hydrogens is 358 g/mol. The van der Waals surface area contributed by atoms with Gasteiger partial charge in [0.05, 0.1) is 26.2 Å². The Labute approximate surface area is 167 Å². The molecule has 27 heavy (non-hydrogen) atoms. The van der Waals surface area contributed by atoms with E-state index in [9.17, 15) is 0 Å². The fourth-order valence-corrected chi connectivity index (χ4v) is 4.28. The summed E-state index contributed by atoms with van der Waals surface area (Å²) in [6, 6.07) is 12.3. The lowest BCUT2D eigenvalue weighted by Crippen LogP contribution is -2.16. The van der Waals surface area contributed by atoms with Crippen molar-refractivity contribution >= 4 is 11.8 Å². The zero-order valence-electron chi connectivity index (χ0n) is 16.8. The van der Waals surface area contributed by atoms with Gasteiger partial charge in [-0.25, -0.2) is 0 Å². The van der Waals surface area contributed by atoms with Crippen LogP contribution >= 0.6 is 11.8 Å². The van der Waals surface area contributed by atoms with Crippen LogP contribution in [0.15, 0.2) is 41.3 Å². The first-order valence-electron chi connectivity index (χ1n) is 9.39. The normalized spacial score (nSPS) is 11.9. The molecule has 148 valence electrons. The summed E-state index contributed by atoms with van der Waals surface area (Å²) in [6.45, 7) is 2.73. The average molecular weight is 390 g/mol. The van der Waals surface area contributed by atoms with Gasteiger partial charge in [-0.15, -0.1) is 11.8 Å². The summed E-state index contributed by atoms with van der Waals surface area (Å²) >= 11 is 1.78. The van der Waals surface area contributed by atoms with Crippen LogP contribution in [0.3, 0.4) is 0 Å². The number of hydrogen-bond donors (Lipinski definition) is 1. The molecule has 0 saturated heterocycles. The van der Waals surface area contributed by atoms with E-state index in [4.69, 9.17) is 19.9 Å². The van der Waals surface area contributed by atoms with Gasteiger partial charge in [0, 0.05) is 5.92 Å². The number of thioether (sulfide) groups is 1. The Morgan fingerprint density at radius 3 is 2.15 bits per heavy atom. The zero-order chi connectivity index (χ0) is 19.6. The molecule has 2 aromatic carbocycles. The highest BCUT2D eigenvalue weighted by Gasteiger charge is 2.19. The van der Waals surface area contributed by atoms with Gasteiger partial charge in [0.2, 0.25) is 0 Å². The summed E-state index contributed by atoms with van der Waals surface area (Å²) in [5.41, 5.74) is 8.41. The molecule has 0 spiro atoms. The summed E-state index contributed by atoms with van der Waals surface area (Å²) < 4.78 is 16.9. The molecule has 0 fully saturated rings. The topological polar surface area (TPSA) is 53.7 Å². The van der Waals surface area contributed by atoms with Crippen molar-refractivity contribution in [2.75, 3.05) is 33.6 Å². The number of ether oxygens (including phenoxy) is 3. The molecule has 0 aromatic heterocycles. The Hall–Kier alpha value is -1.85. The number of methoxy groups -OCH3 is 3. The first-order chi connectivity index (χ1) is 13.2. The minimum atomic E-state index is 0.152. The Bertz CT molecular complexity index is 695. The van der Waals surface area contributed by atoms with Crippen molar-refractivity contribution in [1.29, 1.82) is 0 Å². The van der Waals surface area contributed by atoms with Crippen LogP contribution in [0.2, 0.25) is 0 Å². The van der Waals surface area contributed by atoms with Crippen molar-refractivity contribution in [3.05, 3.63) is 47.5 Å². The van der Waals surface area contributed by atoms with Gasteiger partial charge in [-0.1, -0.05) is 31.5 Å². The molecule has 0 radical (unpaired) electrons. The maximum absolute atomic E-state index is 6.14. The Kier molecular flexibility index (Phi) is 8.82. The van der Waals surface area contributed by atoms with E-state index in [1.165, 1.54) is 6.42 Å². The number of benzene rings is 2. The van der Waals surface area contributed by atoms with Gasteiger partial charge in [0.1, 0.15) is 17.2 Å². The van der Waals surface area contributed by atoms with Crippen LogP contribution in [-0.4, -0.2) is 33.6 Å². The first kappa shape index (κ1) is 21.5. The van der Waals surface area contributed by atoms with Gasteiger partial charge >= 0.3 is 0 Å². The highest BCUT2D eigenvalue weighted by Crippen LogP contribution is 2.41. The quantitative estimate of drug-likeness (QED) is 0.438. The third-order valence-corrected chi connectivity index (χ3v) is 5.83. The second-order valence-corrected chi connectivity index (χ2v) is 7.51. The summed E-state index contributed by atoms with van der Waals surface area (Å²) in [5.74, 6) is 3.79. The fraction of sp³-hybridized carbons (Fsp3) is 0.455. The first-order valence-corrected chi connectivity index (χ1v) is 10.4. The van der Waals surface area contributed by atoms with Crippen LogP contribution in [0.5, 0.6) is 17.2 Å². The SMILES string of the molecule is CCCCSc1c(OC)cc(C(CN)Cc2ccccc2OC)cc1OC. The van der Waals surface area contributed by atoms with Crippen molar-refractivity contribution in [3.8, 4) is 17.2 Å². The third-order valence-electron chi connectivity index (χ3n) is 4.64. The molecule has 0 aliphatic heterocycles. The lowest BCUT2D eigenvalue weighted by molar-refractivity contribution is 0.374. The summed E-state index contributed by atoms with van der Waals surface area (Å²) in [5, 5.41) is 0. The van der Waals surface area contributed by atoms with E-state index in [1.807, 2.05) is 18.2 Å². The zero-order valence-corrected chi connectivity index (χ0v) is 17.6. The Morgan fingerprint density at radius 2 is 1.59 bits per heavy atom. The lowest BCUT2D eigenvalue weighted by atomic mass is 9.91. The number of hydrogen-bond acceptors (Lipinski definition) is 5. The van der Waals surface area contributed by atoms with Gasteiger partial charge in [-0.2, -0.15) is 0 Å². The fourth-order valence-electron chi connectivity index (χ4n) is 3.07. The van der Waals surface area contributed by atoms with Gasteiger partial charge in [0.25, 0.3) is 0 Å². The molecule has 2 aromatic rings. The highest BCUT2D eigenvalue weighted by molar-refractivity contribution is 7.99. The van der Waals surface area contributed by atoms with E-state index < -0.39 is 0 Å². The molecule has 0 aliphatic rings. The Balaban J connectivity index is 2.34. The van der Waals surface area contributed by atoms with Gasteiger partial charge in [-0.3, -0.25) is 0 Å². The minimum absolute atomic E-state index is 0.152. The van der Waals surface area contributed by atoms with Crippen LogP contribution in [0, 0.1) is 0 Å². The van der Waals surface area contributed by atoms with E-state index in [0.717, 1.165) is 51.9 Å². The van der Waals surface area contributed by atoms with Crippen molar-refractivity contribution in [2.45, 2.75) is 37.0 Å². The molecule has 2 rings (SSSR count). The summed E-state index contributed by atoms with van der Waals surface area (Å²) in [7, 11) is 5.12. The second kappa shape index (κ2) is 11.1. The maximum Gasteiger partial charge on any atom is 0.136 e. The highest BCUT2D eigenvalue weighted by atomic mass is 32.2. The number of para-hydroxylation sites is 1. The smallest absolute Gasteiger partial charge is 0.136 e. The number of nitrogens with two attached hydrogens (primary N) is 1. The van der Waals surface area contributed by atoms with Crippen LogP contribution in [-0.2, 0) is 6.42 Å². The standard InChI is InChI=1S/C22H31NO3S/c1-5-6-11-27-22-20(25-3)13-17(14-21(22)26-4)18(15-23)12-16-9-7-8-10-19(16)24-2/h7-10,13-14,18H,5-6,11-12,15,23H2,1-4H3. The van der Waals surface area contributed by atoms with Gasteiger partial charge in [0.15, 0.2) is 0 Å². The van der Waals surface area contributed by atoms with E-state index in [2.05, 4.69) is 25.1 Å². The monoisotopic (exact) mass is 389 g/mol. The molecule has 0 saturated carbocycles. The van der Waals surface area contributed by atoms with Crippen molar-refractivity contribution in [1.82, 2.24) is 0 Å². The average Bonchev–Trinajstić information content (AvgIpc) is 2.72. The van der Waals surface area contributed by atoms with E-state index in [-0.39, 0.29) is 5.92 Å².